The normalized spacial score (nSPS) is 19.3. The number of nitrogens with zero attached hydrogens (tertiary/aromatic N) is 3. The fourth-order valence-corrected chi connectivity index (χ4v) is 2.50. The summed E-state index contributed by atoms with van der Waals surface area (Å²) in [6.45, 7) is 7.51. The Balaban J connectivity index is 2.29. The molecular weight excluding hydrogens is 361 g/mol. The molecule has 19 heavy (non-hydrogen) atoms. The van der Waals surface area contributed by atoms with E-state index in [1.54, 1.807) is 31.6 Å². The van der Waals surface area contributed by atoms with E-state index in [0.717, 1.165) is 8.47 Å². The molecule has 6 nitrogen and oxygen atoms in total. The second-order valence-electron chi connectivity index (χ2n) is 5.53. The Morgan fingerprint density at radius 2 is 2.16 bits per heavy atom. The second-order valence-corrected chi connectivity index (χ2v) is 6.69. The van der Waals surface area contributed by atoms with E-state index in [1.807, 2.05) is 29.5 Å². The summed E-state index contributed by atoms with van der Waals surface area (Å²) in [4.78, 5) is 25.5. The Morgan fingerprint density at radius 1 is 1.53 bits per heavy atom. The van der Waals surface area contributed by atoms with Crippen molar-refractivity contribution in [2.24, 2.45) is 0 Å². The third kappa shape index (κ3) is 2.75. The number of halogens is 1. The van der Waals surface area contributed by atoms with Gasteiger partial charge in [0.2, 0.25) is 0 Å². The maximum atomic E-state index is 12.3. The Hall–Kier alpha value is -1.12. The van der Waals surface area contributed by atoms with Gasteiger partial charge in [-0.05, 0) is 50.3 Å². The van der Waals surface area contributed by atoms with Gasteiger partial charge in [-0.15, -0.1) is 0 Å². The highest BCUT2D eigenvalue weighted by molar-refractivity contribution is 14.1. The molecule has 2 heterocycles. The van der Waals surface area contributed by atoms with Crippen LogP contribution >= 0.6 is 22.6 Å². The molecular formula is C12H16IN3O3. The number of rotatable bonds is 0. The average molecular weight is 377 g/mol. The summed E-state index contributed by atoms with van der Waals surface area (Å²) in [6, 6.07) is -0.0521. The van der Waals surface area contributed by atoms with E-state index in [9.17, 15) is 9.59 Å². The first kappa shape index (κ1) is 14.3. The fourth-order valence-electron chi connectivity index (χ4n) is 1.90. The monoisotopic (exact) mass is 377 g/mol. The summed E-state index contributed by atoms with van der Waals surface area (Å²) in [7, 11) is 0. The molecule has 1 atom stereocenters. The molecule has 0 aliphatic carbocycles. The van der Waals surface area contributed by atoms with E-state index >= 15 is 0 Å². The molecule has 104 valence electrons. The highest BCUT2D eigenvalue weighted by Crippen LogP contribution is 2.25. The van der Waals surface area contributed by atoms with Crippen LogP contribution in [0.1, 0.15) is 44.2 Å². The van der Waals surface area contributed by atoms with E-state index in [2.05, 4.69) is 5.10 Å². The van der Waals surface area contributed by atoms with Crippen molar-refractivity contribution < 1.29 is 14.3 Å². The van der Waals surface area contributed by atoms with Gasteiger partial charge >= 0.3 is 6.09 Å². The van der Waals surface area contributed by atoms with E-state index in [0.29, 0.717) is 5.69 Å². The predicted octanol–water partition coefficient (Wildman–Crippen LogP) is 2.44. The second kappa shape index (κ2) is 4.77. The van der Waals surface area contributed by atoms with Crippen LogP contribution in [-0.4, -0.2) is 38.8 Å². The molecule has 7 heteroatoms. The van der Waals surface area contributed by atoms with Gasteiger partial charge in [0.15, 0.2) is 0 Å². The number of amides is 2. The van der Waals surface area contributed by atoms with Crippen molar-refractivity contribution in [3.05, 3.63) is 15.5 Å². The van der Waals surface area contributed by atoms with Gasteiger partial charge in [0, 0.05) is 0 Å². The summed E-state index contributed by atoms with van der Waals surface area (Å²) in [6.07, 6.45) is 1.02. The summed E-state index contributed by atoms with van der Waals surface area (Å²) < 4.78 is 7.66. The van der Waals surface area contributed by atoms with Gasteiger partial charge in [0.1, 0.15) is 11.3 Å². The number of hydrogen-bond donors (Lipinski definition) is 0. The molecule has 0 aromatic carbocycles. The van der Waals surface area contributed by atoms with Crippen molar-refractivity contribution in [3.63, 3.8) is 0 Å². The molecule has 1 aliphatic heterocycles. The number of hydrogen-bond acceptors (Lipinski definition) is 4. The number of ether oxygens (including phenoxy) is 1. The molecule has 1 aromatic rings. The molecule has 0 saturated carbocycles. The SMILES string of the molecule is C[C@H]1CN(C(=O)OC(C)(C)C)C(=O)c2c(I)cnn21. The number of carbonyl (C=O) groups excluding carboxylic acids is 2. The summed E-state index contributed by atoms with van der Waals surface area (Å²) in [5.41, 5.74) is -0.170. The Labute approximate surface area is 125 Å². The van der Waals surface area contributed by atoms with Crippen molar-refractivity contribution >= 4 is 34.6 Å². The van der Waals surface area contributed by atoms with Gasteiger partial charge in [0.25, 0.3) is 5.91 Å². The first-order chi connectivity index (χ1) is 8.70. The number of aromatic nitrogens is 2. The lowest BCUT2D eigenvalue weighted by Crippen LogP contribution is -2.48. The van der Waals surface area contributed by atoms with Gasteiger partial charge < -0.3 is 4.74 Å². The third-order valence-corrected chi connectivity index (χ3v) is 3.47. The quantitative estimate of drug-likeness (QED) is 0.652. The topological polar surface area (TPSA) is 64.4 Å². The Morgan fingerprint density at radius 3 is 2.74 bits per heavy atom. The van der Waals surface area contributed by atoms with E-state index in [4.69, 9.17) is 4.74 Å². The minimum absolute atomic E-state index is 0.0521. The zero-order chi connectivity index (χ0) is 14.4. The summed E-state index contributed by atoms with van der Waals surface area (Å²) in [5.74, 6) is -0.353. The zero-order valence-corrected chi connectivity index (χ0v) is 13.5. The van der Waals surface area contributed by atoms with Gasteiger partial charge in [-0.1, -0.05) is 0 Å². The lowest BCUT2D eigenvalue weighted by atomic mass is 10.2. The molecule has 1 aliphatic rings. The molecule has 0 N–H and O–H groups in total. The van der Waals surface area contributed by atoms with E-state index < -0.39 is 11.7 Å². The summed E-state index contributed by atoms with van der Waals surface area (Å²) in [5, 5.41) is 4.17. The van der Waals surface area contributed by atoms with Crippen LogP contribution in [0, 0.1) is 3.57 Å². The largest absolute Gasteiger partial charge is 0.443 e. The predicted molar refractivity (Wildman–Crippen MR) is 76.9 cm³/mol. The minimum atomic E-state index is -0.620. The number of carbonyl (C=O) groups is 2. The average Bonchev–Trinajstić information content (AvgIpc) is 2.64. The van der Waals surface area contributed by atoms with Gasteiger partial charge in [-0.25, -0.2) is 9.69 Å². The molecule has 1 aromatic heterocycles. The Bertz CT molecular complexity index is 533. The smallest absolute Gasteiger partial charge is 0.417 e. The molecule has 0 fully saturated rings. The molecule has 2 rings (SSSR count). The molecule has 2 amide bonds. The van der Waals surface area contributed by atoms with Crippen LogP contribution in [0.2, 0.25) is 0 Å². The van der Waals surface area contributed by atoms with Crippen molar-refractivity contribution in [2.75, 3.05) is 6.54 Å². The van der Waals surface area contributed by atoms with Crippen LogP contribution in [0.5, 0.6) is 0 Å². The van der Waals surface area contributed by atoms with Gasteiger partial charge in [0.05, 0.1) is 22.4 Å². The van der Waals surface area contributed by atoms with Crippen molar-refractivity contribution in [1.82, 2.24) is 14.7 Å². The van der Waals surface area contributed by atoms with Crippen LogP contribution in [0.4, 0.5) is 4.79 Å². The Kier molecular flexibility index (Phi) is 3.59. The minimum Gasteiger partial charge on any atom is -0.443 e. The molecule has 0 radical (unpaired) electrons. The highest BCUT2D eigenvalue weighted by atomic mass is 127. The van der Waals surface area contributed by atoms with Crippen LogP contribution in [0.3, 0.4) is 0 Å². The third-order valence-electron chi connectivity index (χ3n) is 2.68. The molecule has 0 bridgehead atoms. The highest BCUT2D eigenvalue weighted by Gasteiger charge is 2.37. The first-order valence-electron chi connectivity index (χ1n) is 5.98. The van der Waals surface area contributed by atoms with Crippen LogP contribution < -0.4 is 0 Å². The van der Waals surface area contributed by atoms with Crippen molar-refractivity contribution in [3.8, 4) is 0 Å². The van der Waals surface area contributed by atoms with Gasteiger partial charge in [-0.2, -0.15) is 5.10 Å². The number of imide groups is 1. The van der Waals surface area contributed by atoms with E-state index in [1.165, 1.54) is 0 Å². The maximum Gasteiger partial charge on any atom is 0.417 e. The van der Waals surface area contributed by atoms with E-state index in [-0.39, 0.29) is 18.5 Å². The van der Waals surface area contributed by atoms with Gasteiger partial charge in [-0.3, -0.25) is 9.48 Å². The molecule has 0 saturated heterocycles. The molecule has 0 unspecified atom stereocenters. The van der Waals surface area contributed by atoms with Crippen LogP contribution in [-0.2, 0) is 4.74 Å². The number of fused-ring (bicyclic) bond motifs is 1. The first-order valence-corrected chi connectivity index (χ1v) is 7.06. The maximum absolute atomic E-state index is 12.3. The molecule has 0 spiro atoms. The van der Waals surface area contributed by atoms with Crippen molar-refractivity contribution in [2.45, 2.75) is 39.3 Å². The zero-order valence-electron chi connectivity index (χ0n) is 11.3. The summed E-state index contributed by atoms with van der Waals surface area (Å²) >= 11 is 2.04. The lowest BCUT2D eigenvalue weighted by molar-refractivity contribution is 0.0187. The van der Waals surface area contributed by atoms with Crippen LogP contribution in [0.25, 0.3) is 0 Å². The van der Waals surface area contributed by atoms with Crippen LogP contribution in [0.15, 0.2) is 6.20 Å². The fraction of sp³-hybridized carbons (Fsp3) is 0.583. The van der Waals surface area contributed by atoms with Crippen molar-refractivity contribution in [1.29, 1.82) is 0 Å². The lowest BCUT2D eigenvalue weighted by Gasteiger charge is -2.32. The standard InChI is InChI=1S/C12H16IN3O3/c1-7-6-15(11(18)19-12(2,3)4)10(17)9-8(13)5-14-16(7)9/h5,7H,6H2,1-4H3/t7-/m0/s1.